The Balaban J connectivity index is 1.21. The fraction of sp³-hybridized carbons (Fsp3) is 0.568. The summed E-state index contributed by atoms with van der Waals surface area (Å²) in [4.78, 5) is 60.5. The number of rotatable bonds is 9. The largest absolute Gasteiger partial charge is 0.427 e. The summed E-state index contributed by atoms with van der Waals surface area (Å²) in [6.45, 7) is 2.31. The molecule has 9 heteroatoms. The van der Waals surface area contributed by atoms with Crippen LogP contribution in [0.25, 0.3) is 0 Å². The van der Waals surface area contributed by atoms with E-state index >= 15 is 0 Å². The molecular weight excluding hydrogens is 666 g/mol. The van der Waals surface area contributed by atoms with E-state index in [9.17, 15) is 19.2 Å². The summed E-state index contributed by atoms with van der Waals surface area (Å²) in [5.74, 6) is 0.295. The van der Waals surface area contributed by atoms with Crippen LogP contribution in [0.4, 0.5) is 5.82 Å². The third-order valence-corrected chi connectivity index (χ3v) is 14.6. The van der Waals surface area contributed by atoms with Crippen molar-refractivity contribution in [2.24, 2.45) is 34.5 Å². The van der Waals surface area contributed by atoms with E-state index in [1.54, 1.807) is 12.3 Å². The number of esters is 2. The maximum Gasteiger partial charge on any atom is 0.340 e. The number of nitrogens with two attached hydrogens (primary N) is 1. The Labute approximate surface area is 311 Å². The lowest BCUT2D eigenvalue weighted by molar-refractivity contribution is -0.137. The van der Waals surface area contributed by atoms with E-state index in [1.165, 1.54) is 62.0 Å². The quantitative estimate of drug-likeness (QED) is 0.202. The van der Waals surface area contributed by atoms with E-state index in [-0.39, 0.29) is 53.5 Å². The summed E-state index contributed by atoms with van der Waals surface area (Å²) >= 11 is 0. The molecule has 3 aliphatic heterocycles. The lowest BCUT2D eigenvalue weighted by atomic mass is 9.43. The molecule has 4 fully saturated rings. The van der Waals surface area contributed by atoms with Crippen molar-refractivity contribution in [3.63, 3.8) is 0 Å². The predicted octanol–water partition coefficient (Wildman–Crippen LogP) is 7.91. The van der Waals surface area contributed by atoms with Crippen LogP contribution in [0, 0.1) is 34.5 Å². The number of nitrogens with zero attached hydrogens (tertiary/aromatic N) is 2. The van der Waals surface area contributed by atoms with Gasteiger partial charge in [-0.05, 0) is 116 Å². The molecule has 53 heavy (non-hydrogen) atoms. The van der Waals surface area contributed by atoms with Crippen molar-refractivity contribution in [3.05, 3.63) is 82.0 Å². The molecule has 10 rings (SSSR count). The minimum absolute atomic E-state index is 0.0481. The average Bonchev–Trinajstić information content (AvgIpc) is 3.92. The zero-order valence-electron chi connectivity index (χ0n) is 30.9. The van der Waals surface area contributed by atoms with E-state index in [0.717, 1.165) is 79.4 Å². The van der Waals surface area contributed by atoms with E-state index in [2.05, 4.69) is 24.1 Å². The Morgan fingerprint density at radius 1 is 0.962 bits per heavy atom. The van der Waals surface area contributed by atoms with Gasteiger partial charge in [-0.25, -0.2) is 14.6 Å². The summed E-state index contributed by atoms with van der Waals surface area (Å²) in [5, 5.41) is 0. The fourth-order valence-electron chi connectivity index (χ4n) is 12.1. The Hall–Kier alpha value is -4.27. The molecule has 1 aromatic heterocycles. The maximum absolute atomic E-state index is 14.6. The summed E-state index contributed by atoms with van der Waals surface area (Å²) < 4.78 is 12.7. The molecule has 2 bridgehead atoms. The van der Waals surface area contributed by atoms with E-state index in [0.29, 0.717) is 29.5 Å². The number of fused-ring (bicyclic) bond motifs is 1. The highest BCUT2D eigenvalue weighted by molar-refractivity contribution is 6.13. The molecule has 9 aliphatic rings. The number of hydrogen-bond acceptors (Lipinski definition) is 8. The molecule has 9 nitrogen and oxygen atoms in total. The summed E-state index contributed by atoms with van der Waals surface area (Å²) in [6, 6.07) is 3.67. The van der Waals surface area contributed by atoms with Crippen LogP contribution in [0.15, 0.2) is 76.4 Å². The van der Waals surface area contributed by atoms with Gasteiger partial charge in [-0.2, -0.15) is 0 Å². The zero-order chi connectivity index (χ0) is 36.5. The molecule has 0 aromatic carbocycles. The van der Waals surface area contributed by atoms with Gasteiger partial charge in [0.15, 0.2) is 0 Å². The molecule has 278 valence electrons. The molecular formula is C44H51N3O6. The lowest BCUT2D eigenvalue weighted by Gasteiger charge is -2.57. The number of cyclic esters (lactones) is 2. The molecule has 4 heterocycles. The van der Waals surface area contributed by atoms with Crippen LogP contribution >= 0.6 is 0 Å². The van der Waals surface area contributed by atoms with Crippen molar-refractivity contribution >= 4 is 29.6 Å². The number of anilines is 1. The van der Waals surface area contributed by atoms with Gasteiger partial charge >= 0.3 is 11.9 Å². The number of carbonyl (C=O) groups excluding carboxylic acids is 4. The van der Waals surface area contributed by atoms with Gasteiger partial charge in [-0.3, -0.25) is 14.5 Å². The van der Waals surface area contributed by atoms with Crippen LogP contribution in [0.1, 0.15) is 121 Å². The highest BCUT2D eigenvalue weighted by Gasteiger charge is 2.69. The molecule has 0 unspecified atom stereocenters. The van der Waals surface area contributed by atoms with Gasteiger partial charge in [0.25, 0.3) is 11.8 Å². The number of aromatic nitrogens is 1. The molecule has 0 radical (unpaired) electrons. The van der Waals surface area contributed by atoms with Gasteiger partial charge in [-0.1, -0.05) is 51.9 Å². The summed E-state index contributed by atoms with van der Waals surface area (Å²) in [6.07, 6.45) is 25.6. The van der Waals surface area contributed by atoms with E-state index < -0.39 is 11.3 Å². The second-order valence-electron chi connectivity index (χ2n) is 17.1. The minimum Gasteiger partial charge on any atom is -0.427 e. The van der Waals surface area contributed by atoms with Gasteiger partial charge in [0.1, 0.15) is 17.3 Å². The van der Waals surface area contributed by atoms with E-state index in [1.807, 2.05) is 6.07 Å². The monoisotopic (exact) mass is 717 g/mol. The molecule has 1 saturated heterocycles. The second-order valence-corrected chi connectivity index (χ2v) is 17.1. The SMILES string of the molecule is CCC1(/C=C2\OC(=O)C3=C2CC[C@H]2[C@@H]4CC[C@@]5(C(=C4[C@H](CN4C(=O)C=CC4=O)c4ccnc(N)c4)C(=O)O/C5=C\CCC4CCCCC4)[C@@H]32)CCCC1. The normalized spacial score (nSPS) is 32.5. The van der Waals surface area contributed by atoms with Crippen molar-refractivity contribution in [1.82, 2.24) is 9.88 Å². The first-order valence-corrected chi connectivity index (χ1v) is 20.3. The third-order valence-electron chi connectivity index (χ3n) is 14.6. The average molecular weight is 718 g/mol. The number of imide groups is 1. The molecule has 5 atom stereocenters. The predicted molar refractivity (Wildman–Crippen MR) is 198 cm³/mol. The van der Waals surface area contributed by atoms with Crippen molar-refractivity contribution < 1.29 is 28.7 Å². The lowest BCUT2D eigenvalue weighted by Crippen LogP contribution is -2.53. The third kappa shape index (κ3) is 5.50. The number of ether oxygens (including phenoxy) is 2. The Bertz CT molecular complexity index is 1900. The van der Waals surface area contributed by atoms with Crippen LogP contribution in [0.3, 0.4) is 0 Å². The van der Waals surface area contributed by atoms with Crippen LogP contribution in [0.5, 0.6) is 0 Å². The van der Waals surface area contributed by atoms with Crippen LogP contribution in [-0.4, -0.2) is 40.2 Å². The highest BCUT2D eigenvalue weighted by Crippen LogP contribution is 2.72. The topological polar surface area (TPSA) is 129 Å². The van der Waals surface area contributed by atoms with Crippen LogP contribution in [0.2, 0.25) is 0 Å². The van der Waals surface area contributed by atoms with Crippen molar-refractivity contribution in [2.75, 3.05) is 12.3 Å². The number of nitrogen functional groups attached to an aromatic ring is 1. The Morgan fingerprint density at radius 3 is 2.47 bits per heavy atom. The molecule has 2 N–H and O–H groups in total. The summed E-state index contributed by atoms with van der Waals surface area (Å²) in [5.41, 5.74) is 9.59. The standard InChI is InChI=1S/C44H51N3O6/c1-2-43(19-6-7-20-43)24-32-30-14-13-29-28-17-21-44(39(29)38(30)41(50)52-32)33(12-8-11-26-9-4-3-5-10-26)53-42(51)40(44)37(28)31(27-18-22-46-34(45)23-27)25-47-35(48)15-16-36(47)49/h12,15-16,18,22-24,26,28-29,31,39H,2-11,13-14,17,19-21,25H2,1H3,(H2,45,46)/b32-24-,33-12-/t28-,29-,31+,39+,44-/m0/s1. The smallest absolute Gasteiger partial charge is 0.340 e. The first kappa shape index (κ1) is 34.5. The van der Waals surface area contributed by atoms with Crippen molar-refractivity contribution in [3.8, 4) is 0 Å². The number of allylic oxidation sites excluding steroid dienone is 4. The second kappa shape index (κ2) is 13.2. The Kier molecular flexibility index (Phi) is 8.62. The van der Waals surface area contributed by atoms with Gasteiger partial charge in [-0.15, -0.1) is 0 Å². The number of amides is 2. The molecule has 1 spiro atoms. The number of hydrogen-bond donors (Lipinski definition) is 1. The van der Waals surface area contributed by atoms with Gasteiger partial charge in [0, 0.05) is 47.9 Å². The van der Waals surface area contributed by atoms with Gasteiger partial charge in [0.2, 0.25) is 0 Å². The minimum atomic E-state index is -0.836. The van der Waals surface area contributed by atoms with E-state index in [4.69, 9.17) is 15.2 Å². The van der Waals surface area contributed by atoms with Crippen molar-refractivity contribution in [1.29, 1.82) is 0 Å². The van der Waals surface area contributed by atoms with Crippen LogP contribution < -0.4 is 5.73 Å². The van der Waals surface area contributed by atoms with Crippen molar-refractivity contribution in [2.45, 2.75) is 116 Å². The van der Waals surface area contributed by atoms with Gasteiger partial charge < -0.3 is 15.2 Å². The van der Waals surface area contributed by atoms with Gasteiger partial charge in [0.05, 0.1) is 11.0 Å². The fourth-order valence-corrected chi connectivity index (χ4v) is 12.1. The first-order valence-electron chi connectivity index (χ1n) is 20.3. The maximum atomic E-state index is 14.6. The number of pyridine rings is 1. The molecule has 2 amide bonds. The molecule has 3 saturated carbocycles. The first-order chi connectivity index (χ1) is 25.7. The number of carbonyl (C=O) groups is 4. The zero-order valence-corrected chi connectivity index (χ0v) is 30.9. The molecule has 1 aromatic rings. The molecule has 6 aliphatic carbocycles. The summed E-state index contributed by atoms with van der Waals surface area (Å²) in [7, 11) is 0. The Morgan fingerprint density at radius 2 is 1.74 bits per heavy atom. The highest BCUT2D eigenvalue weighted by atomic mass is 16.5. The van der Waals surface area contributed by atoms with Crippen LogP contribution in [-0.2, 0) is 28.7 Å².